The van der Waals surface area contributed by atoms with Crippen LogP contribution in [0.15, 0.2) is 130 Å². The van der Waals surface area contributed by atoms with Gasteiger partial charge in [-0.3, -0.25) is 14.5 Å². The third-order valence-electron chi connectivity index (χ3n) is 8.64. The average Bonchev–Trinajstić information content (AvgIpc) is 3.26. The second kappa shape index (κ2) is 10.3. The van der Waals surface area contributed by atoms with E-state index in [1.165, 1.54) is 29.2 Å². The lowest BCUT2D eigenvalue weighted by Crippen LogP contribution is -2.50. The van der Waals surface area contributed by atoms with Crippen molar-refractivity contribution in [1.82, 2.24) is 4.90 Å². The highest BCUT2D eigenvalue weighted by atomic mass is 32.3. The number of allylic oxidation sites excluding steroid dienone is 4. The summed E-state index contributed by atoms with van der Waals surface area (Å²) in [5, 5.41) is 0. The largest absolute Gasteiger partial charge is 0.270 e. The van der Waals surface area contributed by atoms with Crippen LogP contribution in [0.25, 0.3) is 0 Å². The molecule has 7 nitrogen and oxygen atoms in total. The van der Waals surface area contributed by atoms with Gasteiger partial charge in [0.1, 0.15) is 0 Å². The van der Waals surface area contributed by atoms with Crippen molar-refractivity contribution in [3.63, 3.8) is 0 Å². The lowest BCUT2D eigenvalue weighted by atomic mass is 9.72. The number of sulfone groups is 2. The fraction of sp³-hybridized carbons (Fsp3) is 0.212. The molecule has 0 radical (unpaired) electrons. The number of benzene rings is 3. The Morgan fingerprint density at radius 1 is 0.762 bits per heavy atom. The van der Waals surface area contributed by atoms with E-state index in [1.807, 2.05) is 0 Å². The number of hydrogen-bond acceptors (Lipinski definition) is 6. The lowest BCUT2D eigenvalue weighted by molar-refractivity contribution is 0.0671. The molecule has 1 atom stereocenters. The molecule has 3 aromatic rings. The molecule has 6 rings (SSSR count). The molecule has 0 aromatic heterocycles. The molecule has 3 aromatic carbocycles. The summed E-state index contributed by atoms with van der Waals surface area (Å²) in [6.45, 7) is 4.33. The third-order valence-corrected chi connectivity index (χ3v) is 14.4. The van der Waals surface area contributed by atoms with Gasteiger partial charge in [0.2, 0.25) is 0 Å². The Hall–Kier alpha value is -4.08. The van der Waals surface area contributed by atoms with E-state index in [2.05, 4.69) is 6.58 Å². The molecule has 3 aliphatic rings. The summed E-state index contributed by atoms with van der Waals surface area (Å²) in [7, 11) is -8.76. The van der Waals surface area contributed by atoms with Crippen LogP contribution in [0.5, 0.6) is 0 Å². The third kappa shape index (κ3) is 4.22. The fourth-order valence-electron chi connectivity index (χ4n) is 6.29. The number of fused-ring (bicyclic) bond motifs is 2. The smallest absolute Gasteiger partial charge is 0.261 e. The second-order valence-electron chi connectivity index (χ2n) is 10.8. The molecule has 1 heterocycles. The van der Waals surface area contributed by atoms with Crippen LogP contribution in [0.4, 0.5) is 0 Å². The van der Waals surface area contributed by atoms with Crippen LogP contribution in [0, 0.1) is 5.92 Å². The van der Waals surface area contributed by atoms with Crippen LogP contribution < -0.4 is 0 Å². The zero-order valence-corrected chi connectivity index (χ0v) is 24.4. The maximum atomic E-state index is 14.3. The molecular formula is C33H29NO6S2. The maximum absolute atomic E-state index is 14.3. The van der Waals surface area contributed by atoms with Gasteiger partial charge in [0.25, 0.3) is 11.8 Å². The number of carbonyl (C=O) groups is 2. The summed E-state index contributed by atoms with van der Waals surface area (Å²) in [5.74, 6) is -1.26. The highest BCUT2D eigenvalue weighted by Gasteiger charge is 2.58. The van der Waals surface area contributed by atoms with Crippen molar-refractivity contribution < 1.29 is 26.4 Å². The van der Waals surface area contributed by atoms with Crippen LogP contribution in [0.2, 0.25) is 0 Å². The molecule has 2 aliphatic carbocycles. The normalized spacial score (nSPS) is 21.2. The summed E-state index contributed by atoms with van der Waals surface area (Å²) in [6.07, 6.45) is 4.39. The SMILES string of the molecule is C=C1/C(=C/CN2C(=O)c3ccccc3C2=O)CCC2=CCC(S(=O)(=O)c3ccccc3)(S(=O)(=O)c3ccccc3)CC12. The summed E-state index contributed by atoms with van der Waals surface area (Å²) in [6, 6.07) is 22.1. The average molecular weight is 600 g/mol. The van der Waals surface area contributed by atoms with Gasteiger partial charge in [-0.15, -0.1) is 0 Å². The van der Waals surface area contributed by atoms with Gasteiger partial charge in [-0.25, -0.2) is 16.8 Å². The quantitative estimate of drug-likeness (QED) is 0.272. The molecule has 9 heteroatoms. The van der Waals surface area contributed by atoms with Gasteiger partial charge in [0.05, 0.1) is 20.9 Å². The molecule has 0 N–H and O–H groups in total. The fourth-order valence-corrected chi connectivity index (χ4v) is 11.3. The van der Waals surface area contributed by atoms with Gasteiger partial charge in [-0.2, -0.15) is 0 Å². The zero-order valence-electron chi connectivity index (χ0n) is 22.8. The van der Waals surface area contributed by atoms with Gasteiger partial charge < -0.3 is 0 Å². The zero-order chi connectivity index (χ0) is 29.7. The highest BCUT2D eigenvalue weighted by Crippen LogP contribution is 2.52. The van der Waals surface area contributed by atoms with Crippen LogP contribution >= 0.6 is 0 Å². The van der Waals surface area contributed by atoms with E-state index in [4.69, 9.17) is 0 Å². The maximum Gasteiger partial charge on any atom is 0.261 e. The molecular weight excluding hydrogens is 570 g/mol. The van der Waals surface area contributed by atoms with Crippen LogP contribution in [0.3, 0.4) is 0 Å². The Bertz CT molecular complexity index is 1790. The van der Waals surface area contributed by atoms with Crippen molar-refractivity contribution >= 4 is 31.5 Å². The van der Waals surface area contributed by atoms with E-state index < -0.39 is 29.7 Å². The predicted molar refractivity (Wildman–Crippen MR) is 159 cm³/mol. The van der Waals surface area contributed by atoms with Gasteiger partial charge in [-0.1, -0.05) is 72.8 Å². The number of carbonyl (C=O) groups excluding carboxylic acids is 2. The first-order valence-corrected chi connectivity index (χ1v) is 16.7. The summed E-state index contributed by atoms with van der Waals surface area (Å²) >= 11 is 0. The van der Waals surface area contributed by atoms with Crippen molar-refractivity contribution in [2.75, 3.05) is 6.54 Å². The van der Waals surface area contributed by atoms with E-state index in [1.54, 1.807) is 72.8 Å². The first-order valence-electron chi connectivity index (χ1n) is 13.7. The van der Waals surface area contributed by atoms with Crippen LogP contribution in [0.1, 0.15) is 46.4 Å². The van der Waals surface area contributed by atoms with E-state index >= 15 is 0 Å². The first-order chi connectivity index (χ1) is 20.1. The van der Waals surface area contributed by atoms with Gasteiger partial charge in [-0.05, 0) is 66.8 Å². The van der Waals surface area contributed by atoms with Crippen molar-refractivity contribution in [2.24, 2.45) is 5.92 Å². The van der Waals surface area contributed by atoms with Crippen molar-refractivity contribution in [3.05, 3.63) is 132 Å². The Morgan fingerprint density at radius 3 is 1.79 bits per heavy atom. The van der Waals surface area contributed by atoms with Crippen molar-refractivity contribution in [1.29, 1.82) is 0 Å². The molecule has 1 fully saturated rings. The van der Waals surface area contributed by atoms with Crippen molar-refractivity contribution in [2.45, 2.75) is 39.6 Å². The summed E-state index contributed by atoms with van der Waals surface area (Å²) in [5.41, 5.74) is 3.09. The summed E-state index contributed by atoms with van der Waals surface area (Å²) < 4.78 is 55.2. The minimum atomic E-state index is -4.38. The highest BCUT2D eigenvalue weighted by molar-refractivity contribution is 8.10. The number of amides is 2. The van der Waals surface area contributed by atoms with Crippen molar-refractivity contribution in [3.8, 4) is 0 Å². The van der Waals surface area contributed by atoms with Crippen LogP contribution in [-0.2, 0) is 19.7 Å². The number of imide groups is 1. The molecule has 2 amide bonds. The molecule has 1 unspecified atom stereocenters. The molecule has 1 aliphatic heterocycles. The molecule has 0 bridgehead atoms. The summed E-state index contributed by atoms with van der Waals surface area (Å²) in [4.78, 5) is 26.8. The van der Waals surface area contributed by atoms with Crippen LogP contribution in [-0.4, -0.2) is 44.2 Å². The molecule has 0 saturated heterocycles. The predicted octanol–water partition coefficient (Wildman–Crippen LogP) is 5.54. The van der Waals surface area contributed by atoms with Gasteiger partial charge in [0, 0.05) is 18.9 Å². The molecule has 0 spiro atoms. The Balaban J connectivity index is 1.37. The monoisotopic (exact) mass is 599 g/mol. The Morgan fingerprint density at radius 2 is 1.26 bits per heavy atom. The van der Waals surface area contributed by atoms with Gasteiger partial charge >= 0.3 is 0 Å². The lowest BCUT2D eigenvalue weighted by Gasteiger charge is -2.42. The van der Waals surface area contributed by atoms with E-state index in [-0.39, 0.29) is 41.0 Å². The minimum Gasteiger partial charge on any atom is -0.270 e. The van der Waals surface area contributed by atoms with E-state index in [9.17, 15) is 26.4 Å². The number of nitrogens with zero attached hydrogens (tertiary/aromatic N) is 1. The standard InChI is InChI=1S/C33H29NO6S2/c1-23-24(19-21-34-31(35)28-14-8-9-15-29(28)32(34)36)16-17-25-18-20-33(22-30(23)25,41(37,38)26-10-4-2-5-11-26)42(39,40)27-12-6-3-7-13-27/h2-15,18-19,30H,1,16-17,20-22H2/b24-19+. The second-order valence-corrected chi connectivity index (χ2v) is 15.6. The minimum absolute atomic E-state index is 0.0439. The topological polar surface area (TPSA) is 106 Å². The molecule has 214 valence electrons. The molecule has 1 saturated carbocycles. The Kier molecular flexibility index (Phi) is 6.90. The number of rotatable bonds is 6. The van der Waals surface area contributed by atoms with E-state index in [0.717, 1.165) is 11.1 Å². The van der Waals surface area contributed by atoms with E-state index in [0.29, 0.717) is 29.5 Å². The number of hydrogen-bond donors (Lipinski definition) is 0. The molecule has 42 heavy (non-hydrogen) atoms. The Labute approximate surface area is 245 Å². The van der Waals surface area contributed by atoms with Gasteiger partial charge in [0.15, 0.2) is 23.8 Å². The first kappa shape index (κ1) is 28.1.